The van der Waals surface area contributed by atoms with Crippen molar-refractivity contribution in [2.45, 2.75) is 406 Å². The van der Waals surface area contributed by atoms with Gasteiger partial charge >= 0.3 is 17.9 Å². The fourth-order valence-electron chi connectivity index (χ4n) is 10.7. The summed E-state index contributed by atoms with van der Waals surface area (Å²) in [7, 11) is 0. The average Bonchev–Trinajstić information content (AvgIpc) is 3.40. The van der Waals surface area contributed by atoms with Gasteiger partial charge in [-0.1, -0.05) is 361 Å². The highest BCUT2D eigenvalue weighted by Crippen LogP contribution is 2.19. The molecular weight excluding hydrogens is 913 g/mol. The van der Waals surface area contributed by atoms with E-state index in [1.165, 1.54) is 302 Å². The molecule has 1 atom stereocenters. The number of hydrogen-bond acceptors (Lipinski definition) is 6. The third kappa shape index (κ3) is 61.3. The summed E-state index contributed by atoms with van der Waals surface area (Å²) in [6.07, 6.45) is 74.2. The van der Waals surface area contributed by atoms with E-state index >= 15 is 0 Å². The second-order valence-corrected chi connectivity index (χ2v) is 23.5. The molecule has 0 aliphatic heterocycles. The predicted octanol–water partition coefficient (Wildman–Crippen LogP) is 23.1. The van der Waals surface area contributed by atoms with Crippen LogP contribution in [-0.2, 0) is 28.6 Å². The number of ether oxygens (including phenoxy) is 3. The summed E-state index contributed by atoms with van der Waals surface area (Å²) in [5, 5.41) is 0. The van der Waals surface area contributed by atoms with E-state index in [9.17, 15) is 14.4 Å². The summed E-state index contributed by atoms with van der Waals surface area (Å²) >= 11 is 0. The Balaban J connectivity index is 4.09. The van der Waals surface area contributed by atoms with E-state index in [-0.39, 0.29) is 31.1 Å². The molecule has 0 aromatic carbocycles. The maximum atomic E-state index is 12.9. The first-order chi connectivity index (χ1) is 36.5. The Morgan fingerprint density at radius 1 is 0.216 bits per heavy atom. The van der Waals surface area contributed by atoms with Gasteiger partial charge in [-0.05, 0) is 19.3 Å². The van der Waals surface area contributed by atoms with E-state index in [1.807, 2.05) is 0 Å². The lowest BCUT2D eigenvalue weighted by molar-refractivity contribution is -0.167. The van der Waals surface area contributed by atoms with Crippen LogP contribution in [0.5, 0.6) is 0 Å². The van der Waals surface area contributed by atoms with E-state index in [0.717, 1.165) is 57.8 Å². The predicted molar refractivity (Wildman–Crippen MR) is 321 cm³/mol. The summed E-state index contributed by atoms with van der Waals surface area (Å²) in [6, 6.07) is 0. The standard InChI is InChI=1S/C68H132O6/c1-4-7-10-13-16-19-22-25-27-28-29-30-31-32-33-34-35-36-37-38-39-40-41-44-46-49-52-55-58-61-67(70)73-64-65(63-72-66(69)60-57-54-51-48-45-42-24-21-18-15-12-9-6-3)74-68(71)62-59-56-53-50-47-43-26-23-20-17-14-11-8-5-2/h65H,4-64H2,1-3H3. The minimum Gasteiger partial charge on any atom is -0.462 e. The Bertz CT molecular complexity index is 1110. The molecule has 0 radical (unpaired) electrons. The zero-order valence-electron chi connectivity index (χ0n) is 50.7. The van der Waals surface area contributed by atoms with Gasteiger partial charge < -0.3 is 14.2 Å². The van der Waals surface area contributed by atoms with Crippen LogP contribution in [0.3, 0.4) is 0 Å². The summed E-state index contributed by atoms with van der Waals surface area (Å²) in [5.74, 6) is -0.826. The molecule has 0 fully saturated rings. The summed E-state index contributed by atoms with van der Waals surface area (Å²) < 4.78 is 16.9. The molecule has 0 heterocycles. The molecule has 0 aromatic heterocycles. The number of carbonyl (C=O) groups excluding carboxylic acids is 3. The third-order valence-electron chi connectivity index (χ3n) is 15.9. The Kier molecular flexibility index (Phi) is 62.6. The SMILES string of the molecule is CCCCCCCCCCCCCCCCCCCCCCCCCCCCCCCC(=O)OCC(COC(=O)CCCCCCCCCCCCCCC)OC(=O)CCCCCCCCCCCCCCCC. The molecule has 0 bridgehead atoms. The monoisotopic (exact) mass is 1050 g/mol. The molecule has 0 aliphatic carbocycles. The van der Waals surface area contributed by atoms with Gasteiger partial charge in [0.15, 0.2) is 6.10 Å². The van der Waals surface area contributed by atoms with E-state index in [4.69, 9.17) is 14.2 Å². The van der Waals surface area contributed by atoms with Crippen LogP contribution in [0.2, 0.25) is 0 Å². The lowest BCUT2D eigenvalue weighted by atomic mass is 10.0. The zero-order valence-corrected chi connectivity index (χ0v) is 50.7. The highest BCUT2D eigenvalue weighted by Gasteiger charge is 2.19. The topological polar surface area (TPSA) is 78.9 Å². The fraction of sp³-hybridized carbons (Fsp3) is 0.956. The van der Waals surface area contributed by atoms with Gasteiger partial charge in [-0.2, -0.15) is 0 Å². The lowest BCUT2D eigenvalue weighted by Crippen LogP contribution is -2.30. The molecule has 440 valence electrons. The largest absolute Gasteiger partial charge is 0.462 e. The van der Waals surface area contributed by atoms with Crippen molar-refractivity contribution in [2.24, 2.45) is 0 Å². The van der Waals surface area contributed by atoms with Gasteiger partial charge in [0.1, 0.15) is 13.2 Å². The van der Waals surface area contributed by atoms with Gasteiger partial charge in [-0.25, -0.2) is 0 Å². The molecule has 6 heteroatoms. The molecule has 74 heavy (non-hydrogen) atoms. The second kappa shape index (κ2) is 63.9. The Morgan fingerprint density at radius 3 is 0.541 bits per heavy atom. The average molecular weight is 1050 g/mol. The van der Waals surface area contributed by atoms with Gasteiger partial charge in [0.05, 0.1) is 0 Å². The Labute approximate surface area is 463 Å². The van der Waals surface area contributed by atoms with Crippen molar-refractivity contribution in [3.8, 4) is 0 Å². The molecule has 0 rings (SSSR count). The highest BCUT2D eigenvalue weighted by atomic mass is 16.6. The minimum absolute atomic E-state index is 0.0606. The molecule has 0 aromatic rings. The zero-order chi connectivity index (χ0) is 53.6. The molecule has 0 amide bonds. The number of esters is 3. The minimum atomic E-state index is -0.762. The van der Waals surface area contributed by atoms with E-state index in [2.05, 4.69) is 20.8 Å². The summed E-state index contributed by atoms with van der Waals surface area (Å²) in [6.45, 7) is 6.72. The summed E-state index contributed by atoms with van der Waals surface area (Å²) in [4.78, 5) is 38.3. The van der Waals surface area contributed by atoms with Crippen molar-refractivity contribution in [3.05, 3.63) is 0 Å². The van der Waals surface area contributed by atoms with Crippen LogP contribution in [0.25, 0.3) is 0 Å². The maximum Gasteiger partial charge on any atom is 0.306 e. The van der Waals surface area contributed by atoms with Crippen LogP contribution >= 0.6 is 0 Å². The van der Waals surface area contributed by atoms with Crippen LogP contribution < -0.4 is 0 Å². The Hall–Kier alpha value is -1.59. The van der Waals surface area contributed by atoms with Crippen LogP contribution in [0.4, 0.5) is 0 Å². The van der Waals surface area contributed by atoms with Crippen molar-refractivity contribution in [3.63, 3.8) is 0 Å². The van der Waals surface area contributed by atoms with Gasteiger partial charge in [0.2, 0.25) is 0 Å². The highest BCUT2D eigenvalue weighted by molar-refractivity contribution is 5.71. The lowest BCUT2D eigenvalue weighted by Gasteiger charge is -2.18. The normalized spacial score (nSPS) is 11.9. The smallest absolute Gasteiger partial charge is 0.306 e. The Morgan fingerprint density at radius 2 is 0.365 bits per heavy atom. The van der Waals surface area contributed by atoms with E-state index < -0.39 is 6.10 Å². The van der Waals surface area contributed by atoms with E-state index in [0.29, 0.717) is 19.3 Å². The van der Waals surface area contributed by atoms with Crippen LogP contribution in [0, 0.1) is 0 Å². The molecule has 0 aliphatic rings. The van der Waals surface area contributed by atoms with Crippen LogP contribution in [-0.4, -0.2) is 37.2 Å². The van der Waals surface area contributed by atoms with Crippen molar-refractivity contribution >= 4 is 17.9 Å². The van der Waals surface area contributed by atoms with E-state index in [1.54, 1.807) is 0 Å². The first-order valence-corrected chi connectivity index (χ1v) is 34.0. The number of unbranched alkanes of at least 4 members (excludes halogenated alkanes) is 53. The van der Waals surface area contributed by atoms with Gasteiger partial charge in [-0.3, -0.25) is 14.4 Å². The molecular formula is C68H132O6. The quantitative estimate of drug-likeness (QED) is 0.0343. The third-order valence-corrected chi connectivity index (χ3v) is 15.9. The van der Waals surface area contributed by atoms with Crippen molar-refractivity contribution in [2.75, 3.05) is 13.2 Å². The van der Waals surface area contributed by atoms with Crippen LogP contribution in [0.1, 0.15) is 400 Å². The molecule has 0 spiro atoms. The van der Waals surface area contributed by atoms with Gasteiger partial charge in [0, 0.05) is 19.3 Å². The molecule has 1 unspecified atom stereocenters. The number of carbonyl (C=O) groups is 3. The number of rotatable bonds is 64. The van der Waals surface area contributed by atoms with Crippen LogP contribution in [0.15, 0.2) is 0 Å². The first-order valence-electron chi connectivity index (χ1n) is 34.0. The molecule has 0 saturated carbocycles. The number of hydrogen-bond donors (Lipinski definition) is 0. The maximum absolute atomic E-state index is 12.9. The second-order valence-electron chi connectivity index (χ2n) is 23.5. The van der Waals surface area contributed by atoms with Crippen molar-refractivity contribution < 1.29 is 28.6 Å². The first kappa shape index (κ1) is 72.4. The fourth-order valence-corrected chi connectivity index (χ4v) is 10.7. The van der Waals surface area contributed by atoms with Crippen molar-refractivity contribution in [1.82, 2.24) is 0 Å². The van der Waals surface area contributed by atoms with Crippen molar-refractivity contribution in [1.29, 1.82) is 0 Å². The molecule has 0 N–H and O–H groups in total. The molecule has 0 saturated heterocycles. The van der Waals surface area contributed by atoms with Gasteiger partial charge in [-0.15, -0.1) is 0 Å². The molecule has 6 nitrogen and oxygen atoms in total. The van der Waals surface area contributed by atoms with Gasteiger partial charge in [0.25, 0.3) is 0 Å². The summed E-state index contributed by atoms with van der Waals surface area (Å²) in [5.41, 5.74) is 0.